The molecule has 1 aliphatic carbocycles. The van der Waals surface area contributed by atoms with Crippen molar-refractivity contribution in [1.82, 2.24) is 0 Å². The van der Waals surface area contributed by atoms with Gasteiger partial charge in [-0.1, -0.05) is 74.5 Å². The van der Waals surface area contributed by atoms with Gasteiger partial charge in [-0.05, 0) is 31.2 Å². The van der Waals surface area contributed by atoms with Crippen LogP contribution in [0.15, 0.2) is 60.7 Å². The van der Waals surface area contributed by atoms with Gasteiger partial charge in [0.2, 0.25) is 0 Å². The Morgan fingerprint density at radius 1 is 0.931 bits per heavy atom. The average Bonchev–Trinajstić information content (AvgIpc) is 3.29. The summed E-state index contributed by atoms with van der Waals surface area (Å²) in [6, 6.07) is 22.0. The van der Waals surface area contributed by atoms with Gasteiger partial charge in [0.05, 0.1) is 13.2 Å². The van der Waals surface area contributed by atoms with Crippen LogP contribution in [0, 0.1) is 17.8 Å². The number of hydrogen-bond donors (Lipinski definition) is 0. The molecule has 5 atom stereocenters. The Morgan fingerprint density at radius 3 is 2.24 bits per heavy atom. The second kappa shape index (κ2) is 6.96. The number of nitrogens with zero attached hydrogens (tertiary/aromatic N) is 1. The highest BCUT2D eigenvalue weighted by atomic mass is 16.5. The molecule has 3 aliphatic rings. The first-order valence-electron chi connectivity index (χ1n) is 11.6. The van der Waals surface area contributed by atoms with Gasteiger partial charge in [-0.25, -0.2) is 0 Å². The monoisotopic (exact) mass is 390 g/mol. The molecule has 2 heteroatoms. The van der Waals surface area contributed by atoms with E-state index in [0.717, 1.165) is 19.1 Å². The second-order valence-corrected chi connectivity index (χ2v) is 10.4. The molecule has 2 heterocycles. The van der Waals surface area contributed by atoms with E-state index in [1.165, 1.54) is 48.0 Å². The van der Waals surface area contributed by atoms with Gasteiger partial charge in [0, 0.05) is 23.8 Å². The summed E-state index contributed by atoms with van der Waals surface area (Å²) in [5.41, 5.74) is 3.13. The molecule has 0 N–H and O–H groups in total. The lowest BCUT2D eigenvalue weighted by molar-refractivity contribution is -0.967. The van der Waals surface area contributed by atoms with Crippen LogP contribution in [0.25, 0.3) is 0 Å². The summed E-state index contributed by atoms with van der Waals surface area (Å²) in [4.78, 5) is 0. The first kappa shape index (κ1) is 19.3. The summed E-state index contributed by atoms with van der Waals surface area (Å²) in [5, 5.41) is 0. The van der Waals surface area contributed by atoms with Crippen molar-refractivity contribution >= 4 is 0 Å². The normalized spacial score (nSPS) is 37.9. The molecule has 2 aliphatic heterocycles. The minimum Gasteiger partial charge on any atom is -0.364 e. The molecule has 0 spiro atoms. The third-order valence-corrected chi connectivity index (χ3v) is 9.06. The Balaban J connectivity index is 1.52. The molecule has 0 radical (unpaired) electrons. The molecule has 5 rings (SSSR count). The average molecular weight is 391 g/mol. The second-order valence-electron chi connectivity index (χ2n) is 10.4. The van der Waals surface area contributed by atoms with E-state index in [4.69, 9.17) is 4.74 Å². The standard InChI is InChI=1S/C27H36NO/c1-21(2)27(29-19-23-12-8-5-9-13-23)20-28(18-22-10-6-4-7-11-22)17-16-24-14-15-25(27)26(24,28)3/h4-13,21,24-25H,14-20H2,1-3H3/q+1/t24-,25-,26+,27-,28+/m0/s1. The van der Waals surface area contributed by atoms with E-state index >= 15 is 0 Å². The van der Waals surface area contributed by atoms with Crippen LogP contribution in [0.1, 0.15) is 51.2 Å². The molecule has 0 aromatic heterocycles. The fraction of sp³-hybridized carbons (Fsp3) is 0.556. The Labute approximate surface area is 176 Å². The lowest BCUT2D eigenvalue weighted by Crippen LogP contribution is -2.57. The maximum atomic E-state index is 7.02. The van der Waals surface area contributed by atoms with Crippen LogP contribution in [0.3, 0.4) is 0 Å². The van der Waals surface area contributed by atoms with Gasteiger partial charge >= 0.3 is 0 Å². The van der Waals surface area contributed by atoms with E-state index in [1.807, 2.05) is 0 Å². The van der Waals surface area contributed by atoms with Crippen LogP contribution < -0.4 is 0 Å². The quantitative estimate of drug-likeness (QED) is 0.565. The van der Waals surface area contributed by atoms with Crippen molar-refractivity contribution in [3.63, 3.8) is 0 Å². The summed E-state index contributed by atoms with van der Waals surface area (Å²) in [7, 11) is 0. The van der Waals surface area contributed by atoms with Gasteiger partial charge in [-0.15, -0.1) is 0 Å². The highest BCUT2D eigenvalue weighted by molar-refractivity contribution is 5.19. The lowest BCUT2D eigenvalue weighted by Gasteiger charge is -2.43. The lowest BCUT2D eigenvalue weighted by atomic mass is 9.73. The van der Waals surface area contributed by atoms with Crippen LogP contribution >= 0.6 is 0 Å². The SMILES string of the molecule is CC(C)[C@@]1(OCc2ccccc2)C[N@+]2(Cc3ccccc3)CC[C@@H]3CC[C@H]1[C@@]32C. The molecule has 0 unspecified atom stereocenters. The van der Waals surface area contributed by atoms with E-state index in [-0.39, 0.29) is 5.60 Å². The molecule has 3 fully saturated rings. The van der Waals surface area contributed by atoms with Crippen molar-refractivity contribution in [2.45, 2.75) is 64.3 Å². The Morgan fingerprint density at radius 2 is 1.59 bits per heavy atom. The number of rotatable bonds is 6. The molecule has 2 aromatic rings. The van der Waals surface area contributed by atoms with Crippen molar-refractivity contribution in [1.29, 1.82) is 0 Å². The van der Waals surface area contributed by atoms with Gasteiger partial charge in [0.25, 0.3) is 0 Å². The van der Waals surface area contributed by atoms with Gasteiger partial charge < -0.3 is 9.22 Å². The highest BCUT2D eigenvalue weighted by Gasteiger charge is 2.76. The van der Waals surface area contributed by atoms with E-state index in [1.54, 1.807) is 0 Å². The fourth-order valence-electron chi connectivity index (χ4n) is 7.53. The predicted molar refractivity (Wildman–Crippen MR) is 118 cm³/mol. The van der Waals surface area contributed by atoms with Crippen LogP contribution in [-0.2, 0) is 17.9 Å². The molecule has 2 nitrogen and oxygen atoms in total. The number of benzene rings is 2. The van der Waals surface area contributed by atoms with E-state index < -0.39 is 0 Å². The van der Waals surface area contributed by atoms with E-state index in [9.17, 15) is 0 Å². The number of quaternary nitrogens is 1. The van der Waals surface area contributed by atoms with Crippen LogP contribution in [0.4, 0.5) is 0 Å². The van der Waals surface area contributed by atoms with E-state index in [0.29, 0.717) is 17.4 Å². The molecule has 0 bridgehead atoms. The molecule has 0 amide bonds. The van der Waals surface area contributed by atoms with Crippen molar-refractivity contribution < 1.29 is 9.22 Å². The summed E-state index contributed by atoms with van der Waals surface area (Å²) < 4.78 is 8.25. The highest BCUT2D eigenvalue weighted by Crippen LogP contribution is 2.65. The fourth-order valence-corrected chi connectivity index (χ4v) is 7.53. The Kier molecular flexibility index (Phi) is 4.64. The third-order valence-electron chi connectivity index (χ3n) is 9.06. The van der Waals surface area contributed by atoms with Crippen LogP contribution in [0.2, 0.25) is 0 Å². The van der Waals surface area contributed by atoms with Gasteiger partial charge in [0.1, 0.15) is 24.2 Å². The first-order valence-corrected chi connectivity index (χ1v) is 11.6. The molecule has 2 saturated heterocycles. The molecule has 29 heavy (non-hydrogen) atoms. The van der Waals surface area contributed by atoms with Crippen molar-refractivity contribution in [2.75, 3.05) is 13.1 Å². The third kappa shape index (κ3) is 2.75. The zero-order valence-electron chi connectivity index (χ0n) is 18.3. The molecular formula is C27H36NO+. The summed E-state index contributed by atoms with van der Waals surface area (Å²) in [6.07, 6.45) is 4.12. The zero-order chi connectivity index (χ0) is 20.1. The van der Waals surface area contributed by atoms with Crippen molar-refractivity contribution in [2.24, 2.45) is 17.8 Å². The molecule has 154 valence electrons. The maximum absolute atomic E-state index is 7.02. The predicted octanol–water partition coefficient (Wildman–Crippen LogP) is 5.82. The van der Waals surface area contributed by atoms with Crippen molar-refractivity contribution in [3.8, 4) is 0 Å². The Hall–Kier alpha value is -1.64. The minimum absolute atomic E-state index is 0.0193. The maximum Gasteiger partial charge on any atom is 0.128 e. The number of hydrogen-bond acceptors (Lipinski definition) is 1. The smallest absolute Gasteiger partial charge is 0.128 e. The molecular weight excluding hydrogens is 354 g/mol. The van der Waals surface area contributed by atoms with E-state index in [2.05, 4.69) is 81.4 Å². The summed E-state index contributed by atoms with van der Waals surface area (Å²) in [5.74, 6) is 2.05. The van der Waals surface area contributed by atoms with Crippen LogP contribution in [0.5, 0.6) is 0 Å². The minimum atomic E-state index is -0.0193. The molecule has 1 saturated carbocycles. The molecule has 2 aromatic carbocycles. The number of ether oxygens (including phenoxy) is 1. The summed E-state index contributed by atoms with van der Waals surface area (Å²) in [6.45, 7) is 11.8. The van der Waals surface area contributed by atoms with Crippen molar-refractivity contribution in [3.05, 3.63) is 71.8 Å². The van der Waals surface area contributed by atoms with Crippen LogP contribution in [-0.4, -0.2) is 28.7 Å². The topological polar surface area (TPSA) is 9.23 Å². The van der Waals surface area contributed by atoms with Gasteiger partial charge in [-0.3, -0.25) is 0 Å². The summed E-state index contributed by atoms with van der Waals surface area (Å²) >= 11 is 0. The first-order chi connectivity index (χ1) is 14.0. The largest absolute Gasteiger partial charge is 0.364 e. The zero-order valence-corrected chi connectivity index (χ0v) is 18.3. The van der Waals surface area contributed by atoms with Gasteiger partial charge in [-0.2, -0.15) is 0 Å². The van der Waals surface area contributed by atoms with Gasteiger partial charge in [0.15, 0.2) is 0 Å². The Bertz CT molecular complexity index is 849.